The number of hydrogen-bond acceptors (Lipinski definition) is 8. The number of piperidine rings is 1. The van der Waals surface area contributed by atoms with E-state index in [0.717, 1.165) is 4.88 Å². The summed E-state index contributed by atoms with van der Waals surface area (Å²) in [5, 5.41) is 5.86. The molecule has 0 atom stereocenters. The minimum atomic E-state index is -0.194. The molecular formula is C20H26N4O5S. The van der Waals surface area contributed by atoms with Gasteiger partial charge in [0.1, 0.15) is 0 Å². The Balaban J connectivity index is 1.41. The van der Waals surface area contributed by atoms with Gasteiger partial charge in [-0.1, -0.05) is 11.2 Å². The molecule has 0 spiro atoms. The zero-order valence-corrected chi connectivity index (χ0v) is 18.0. The molecule has 9 nitrogen and oxygen atoms in total. The van der Waals surface area contributed by atoms with Gasteiger partial charge in [-0.3, -0.25) is 14.4 Å². The Morgan fingerprint density at radius 3 is 2.77 bits per heavy atom. The maximum atomic E-state index is 12.5. The summed E-state index contributed by atoms with van der Waals surface area (Å²) in [7, 11) is 1.61. The Morgan fingerprint density at radius 2 is 2.10 bits per heavy atom. The number of ether oxygens (including phenoxy) is 1. The third-order valence-electron chi connectivity index (χ3n) is 5.03. The lowest BCUT2D eigenvalue weighted by atomic mass is 9.97. The Hall–Kier alpha value is -2.75. The maximum Gasteiger partial charge on any atom is 0.309 e. The van der Waals surface area contributed by atoms with E-state index in [9.17, 15) is 14.4 Å². The van der Waals surface area contributed by atoms with Crippen LogP contribution in [0.1, 0.15) is 32.1 Å². The van der Waals surface area contributed by atoms with Crippen molar-refractivity contribution in [2.75, 3.05) is 33.3 Å². The second kappa shape index (κ2) is 10.3. The quantitative estimate of drug-likeness (QED) is 0.585. The van der Waals surface area contributed by atoms with Crippen LogP contribution in [0.15, 0.2) is 22.0 Å². The highest BCUT2D eigenvalue weighted by Crippen LogP contribution is 2.22. The van der Waals surface area contributed by atoms with Gasteiger partial charge in [0.25, 0.3) is 0 Å². The molecule has 0 saturated carbocycles. The van der Waals surface area contributed by atoms with E-state index in [1.807, 2.05) is 17.5 Å². The summed E-state index contributed by atoms with van der Waals surface area (Å²) in [6, 6.07) is 3.81. The predicted molar refractivity (Wildman–Crippen MR) is 110 cm³/mol. The van der Waals surface area contributed by atoms with E-state index in [-0.39, 0.29) is 36.7 Å². The largest absolute Gasteiger partial charge is 0.466 e. The van der Waals surface area contributed by atoms with E-state index in [1.54, 1.807) is 18.9 Å². The van der Waals surface area contributed by atoms with Gasteiger partial charge in [-0.05, 0) is 31.2 Å². The van der Waals surface area contributed by atoms with Gasteiger partial charge in [0.15, 0.2) is 0 Å². The monoisotopic (exact) mass is 434 g/mol. The highest BCUT2D eigenvalue weighted by Gasteiger charge is 2.29. The lowest BCUT2D eigenvalue weighted by Crippen LogP contribution is -2.45. The van der Waals surface area contributed by atoms with Crippen LogP contribution in [0.5, 0.6) is 0 Å². The molecule has 0 aromatic carbocycles. The van der Waals surface area contributed by atoms with Gasteiger partial charge in [-0.15, -0.1) is 11.3 Å². The molecule has 0 aliphatic carbocycles. The topological polar surface area (TPSA) is 106 Å². The fourth-order valence-corrected chi connectivity index (χ4v) is 3.93. The highest BCUT2D eigenvalue weighted by atomic mass is 32.1. The molecule has 3 heterocycles. The lowest BCUT2D eigenvalue weighted by molar-refractivity contribution is -0.151. The number of esters is 1. The molecule has 2 aromatic heterocycles. The summed E-state index contributed by atoms with van der Waals surface area (Å²) < 4.78 is 10.3. The van der Waals surface area contributed by atoms with E-state index in [4.69, 9.17) is 9.26 Å². The van der Waals surface area contributed by atoms with Crippen LogP contribution in [-0.2, 0) is 25.5 Å². The average Bonchev–Trinajstić information content (AvgIpc) is 3.44. The zero-order valence-electron chi connectivity index (χ0n) is 17.2. The Kier molecular flexibility index (Phi) is 7.56. The van der Waals surface area contributed by atoms with E-state index in [0.29, 0.717) is 50.7 Å². The summed E-state index contributed by atoms with van der Waals surface area (Å²) in [6.07, 6.45) is 1.68. The Morgan fingerprint density at radius 1 is 1.33 bits per heavy atom. The van der Waals surface area contributed by atoms with Crippen molar-refractivity contribution in [2.45, 2.75) is 32.6 Å². The molecule has 0 N–H and O–H groups in total. The molecule has 0 unspecified atom stereocenters. The predicted octanol–water partition coefficient (Wildman–Crippen LogP) is 1.99. The van der Waals surface area contributed by atoms with Crippen LogP contribution in [0, 0.1) is 5.92 Å². The minimum Gasteiger partial charge on any atom is -0.466 e. The average molecular weight is 435 g/mol. The number of aryl methyl sites for hydroxylation is 1. The van der Waals surface area contributed by atoms with Gasteiger partial charge in [-0.2, -0.15) is 4.98 Å². The number of likely N-dealkylation sites (tertiary alicyclic amines) is 1. The van der Waals surface area contributed by atoms with E-state index < -0.39 is 0 Å². The zero-order chi connectivity index (χ0) is 21.5. The lowest BCUT2D eigenvalue weighted by Gasteiger charge is -2.32. The van der Waals surface area contributed by atoms with Crippen molar-refractivity contribution in [1.29, 1.82) is 0 Å². The fourth-order valence-electron chi connectivity index (χ4n) is 3.28. The van der Waals surface area contributed by atoms with Crippen LogP contribution in [0.4, 0.5) is 0 Å². The molecule has 1 aliphatic rings. The first-order valence-electron chi connectivity index (χ1n) is 10.0. The summed E-state index contributed by atoms with van der Waals surface area (Å²) in [4.78, 5) is 45.0. The number of carbonyl (C=O) groups excluding carboxylic acids is 3. The maximum absolute atomic E-state index is 12.5. The van der Waals surface area contributed by atoms with Crippen molar-refractivity contribution in [2.24, 2.45) is 5.92 Å². The number of likely N-dealkylation sites (N-methyl/N-ethyl adjacent to an activating group) is 1. The number of carbonyl (C=O) groups is 3. The number of amides is 2. The fraction of sp³-hybridized carbons (Fsp3) is 0.550. The molecule has 1 saturated heterocycles. The van der Waals surface area contributed by atoms with E-state index in [2.05, 4.69) is 10.1 Å². The first kappa shape index (κ1) is 21.9. The van der Waals surface area contributed by atoms with Crippen molar-refractivity contribution in [3.8, 4) is 10.7 Å². The van der Waals surface area contributed by atoms with Gasteiger partial charge in [0, 0.05) is 33.0 Å². The molecule has 2 amide bonds. The van der Waals surface area contributed by atoms with E-state index in [1.165, 1.54) is 16.2 Å². The first-order chi connectivity index (χ1) is 14.5. The highest BCUT2D eigenvalue weighted by molar-refractivity contribution is 7.13. The molecule has 1 fully saturated rings. The summed E-state index contributed by atoms with van der Waals surface area (Å²) >= 11 is 1.51. The molecule has 0 bridgehead atoms. The second-order valence-corrected chi connectivity index (χ2v) is 8.09. The Labute approximate surface area is 179 Å². The third-order valence-corrected chi connectivity index (χ3v) is 5.89. The first-order valence-corrected chi connectivity index (χ1v) is 10.9. The number of thiophene rings is 1. The smallest absolute Gasteiger partial charge is 0.309 e. The molecule has 162 valence electrons. The molecule has 1 aliphatic heterocycles. The molecular weight excluding hydrogens is 408 g/mol. The van der Waals surface area contributed by atoms with Crippen LogP contribution in [0.25, 0.3) is 10.7 Å². The van der Waals surface area contributed by atoms with Gasteiger partial charge in [0.2, 0.25) is 23.5 Å². The van der Waals surface area contributed by atoms with Gasteiger partial charge < -0.3 is 19.1 Å². The minimum absolute atomic E-state index is 0.00713. The summed E-state index contributed by atoms with van der Waals surface area (Å²) in [6.45, 7) is 3.15. The number of nitrogens with zero attached hydrogens (tertiary/aromatic N) is 4. The van der Waals surface area contributed by atoms with Crippen molar-refractivity contribution in [3.63, 3.8) is 0 Å². The van der Waals surface area contributed by atoms with Crippen LogP contribution < -0.4 is 0 Å². The molecule has 10 heteroatoms. The normalized spacial score (nSPS) is 14.5. The molecule has 3 rings (SSSR count). The number of hydrogen-bond donors (Lipinski definition) is 0. The molecule has 2 aromatic rings. The molecule has 0 radical (unpaired) electrons. The number of aromatic nitrogens is 2. The van der Waals surface area contributed by atoms with E-state index >= 15 is 0 Å². The van der Waals surface area contributed by atoms with Gasteiger partial charge in [0.05, 0.1) is 23.9 Å². The van der Waals surface area contributed by atoms with Crippen molar-refractivity contribution in [3.05, 3.63) is 23.4 Å². The van der Waals surface area contributed by atoms with Crippen molar-refractivity contribution < 1.29 is 23.6 Å². The van der Waals surface area contributed by atoms with Crippen LogP contribution >= 0.6 is 11.3 Å². The standard InChI is InChI=1S/C20H26N4O5S/c1-3-28-20(27)14-8-10-24(11-9-14)18(26)13-23(2)17(25)7-6-16-21-19(22-29-16)15-5-4-12-30-15/h4-5,12,14H,3,6-11,13H2,1-2H3. The molecule has 30 heavy (non-hydrogen) atoms. The Bertz CT molecular complexity index is 858. The van der Waals surface area contributed by atoms with Gasteiger partial charge in [-0.25, -0.2) is 0 Å². The second-order valence-electron chi connectivity index (χ2n) is 7.15. The summed E-state index contributed by atoms with van der Waals surface area (Å²) in [5.74, 6) is 0.281. The van der Waals surface area contributed by atoms with Gasteiger partial charge >= 0.3 is 5.97 Å². The van der Waals surface area contributed by atoms with Crippen LogP contribution in [0.2, 0.25) is 0 Å². The summed E-state index contributed by atoms with van der Waals surface area (Å²) in [5.41, 5.74) is 0. The van der Waals surface area contributed by atoms with Crippen molar-refractivity contribution in [1.82, 2.24) is 19.9 Å². The SMILES string of the molecule is CCOC(=O)C1CCN(C(=O)CN(C)C(=O)CCc2nc(-c3cccs3)no2)CC1. The number of rotatable bonds is 8. The van der Waals surface area contributed by atoms with Crippen LogP contribution in [0.3, 0.4) is 0 Å². The van der Waals surface area contributed by atoms with Crippen molar-refractivity contribution >= 4 is 29.1 Å². The van der Waals surface area contributed by atoms with Crippen LogP contribution in [-0.4, -0.2) is 71.0 Å². The third kappa shape index (κ3) is 5.65.